The molecule has 0 saturated carbocycles. The Morgan fingerprint density at radius 1 is 0.318 bits per heavy atom. The summed E-state index contributed by atoms with van der Waals surface area (Å²) in [4.78, 5) is 0. The van der Waals surface area contributed by atoms with E-state index in [0.717, 1.165) is 0 Å². The first-order chi connectivity index (χ1) is 9.00. The normalized spacial score (nSPS) is 6.55. The molecule has 0 unspecified atom stereocenters. The Morgan fingerprint density at radius 3 is 0.545 bits per heavy atom. The molecule has 3 aromatic rings. The molecule has 0 fully saturated rings. The van der Waals surface area contributed by atoms with Gasteiger partial charge in [0, 0.05) is 0 Å². The monoisotopic (exact) mass is 496 g/mol. The van der Waals surface area contributed by atoms with Crippen molar-refractivity contribution < 1.29 is 56.7 Å². The summed E-state index contributed by atoms with van der Waals surface area (Å²) in [6.45, 7) is 0. The molecular weight excluding hydrogens is 482 g/mol. The van der Waals surface area contributed by atoms with Crippen molar-refractivity contribution in [2.75, 3.05) is 0 Å². The van der Waals surface area contributed by atoms with Gasteiger partial charge in [-0.2, -0.15) is 0 Å². The largest absolute Gasteiger partial charge is 3.00 e. The second-order valence-corrected chi connectivity index (χ2v) is 5.76. The molecule has 7 heteroatoms. The number of hydrogen-bond acceptors (Lipinski definition) is 0. The molecule has 0 nitrogen and oxygen atoms in total. The van der Waals surface area contributed by atoms with Crippen LogP contribution in [0.3, 0.4) is 0 Å². The van der Waals surface area contributed by atoms with Gasteiger partial charge in [-0.15, -0.1) is 0 Å². The number of halogens is 3. The average Bonchev–Trinajstić information content (AvgIpc) is 2.54. The molecule has 0 atom stereocenters. The van der Waals surface area contributed by atoms with E-state index in [-0.39, 0.29) is 56.7 Å². The Bertz CT molecular complexity index is 321. The Morgan fingerprint density at radius 2 is 0.500 bits per heavy atom. The number of hydrogen-bond donors (Lipinski definition) is 0. The molecule has 0 spiro atoms. The molecule has 0 aliphatic rings. The third kappa shape index (κ3) is 22.7. The molecule has 0 bridgehead atoms. The van der Waals surface area contributed by atoms with Crippen molar-refractivity contribution in [1.29, 1.82) is 0 Å². The zero-order valence-electron chi connectivity index (χ0n) is 11.5. The van der Waals surface area contributed by atoms with Crippen LogP contribution in [0.2, 0.25) is 0 Å². The molecular formula is C15H15Cl3P3Rh. The van der Waals surface area contributed by atoms with E-state index in [0.29, 0.717) is 0 Å². The smallest absolute Gasteiger partial charge is 1.00 e. The second kappa shape index (κ2) is 26.3. The van der Waals surface area contributed by atoms with Gasteiger partial charge in [0.25, 0.3) is 0 Å². The molecule has 120 valence electrons. The summed E-state index contributed by atoms with van der Waals surface area (Å²) in [6, 6.07) is 18.3. The minimum atomic E-state index is 0. The van der Waals surface area contributed by atoms with E-state index >= 15 is 0 Å². The van der Waals surface area contributed by atoms with Crippen LogP contribution >= 0.6 is 24.6 Å². The van der Waals surface area contributed by atoms with Crippen LogP contribution in [-0.2, 0) is 19.5 Å². The van der Waals surface area contributed by atoms with Gasteiger partial charge in [0.1, 0.15) is 0 Å². The molecule has 3 heterocycles. The van der Waals surface area contributed by atoms with Gasteiger partial charge >= 0.3 is 19.5 Å². The zero-order chi connectivity index (χ0) is 12.7. The van der Waals surface area contributed by atoms with Gasteiger partial charge in [0.15, 0.2) is 0 Å². The van der Waals surface area contributed by atoms with E-state index in [1.54, 1.807) is 0 Å². The quantitative estimate of drug-likeness (QED) is 0.310. The van der Waals surface area contributed by atoms with E-state index in [4.69, 9.17) is 0 Å². The van der Waals surface area contributed by atoms with Crippen molar-refractivity contribution in [3.05, 3.63) is 89.4 Å². The van der Waals surface area contributed by atoms with Crippen molar-refractivity contribution >= 4 is 24.6 Å². The van der Waals surface area contributed by atoms with Crippen molar-refractivity contribution in [3.63, 3.8) is 0 Å². The molecule has 0 radical (unpaired) electrons. The van der Waals surface area contributed by atoms with Gasteiger partial charge in [-0.05, 0) is 34.8 Å². The van der Waals surface area contributed by atoms with Crippen LogP contribution in [0.15, 0.2) is 89.4 Å². The Kier molecular flexibility index (Phi) is 36.3. The predicted molar refractivity (Wildman–Crippen MR) is 86.9 cm³/mol. The van der Waals surface area contributed by atoms with Crippen LogP contribution in [0.25, 0.3) is 0 Å². The SMILES string of the molecule is [Cl-].[Cl-].[Cl-].[Rh+3].c1ccpcc1.c1ccpcc1.c1ccpcc1. The molecule has 0 saturated heterocycles. The summed E-state index contributed by atoms with van der Waals surface area (Å²) in [5.74, 6) is 12.6. The zero-order valence-corrected chi connectivity index (χ0v) is 18.1. The fourth-order valence-electron chi connectivity index (χ4n) is 0.938. The van der Waals surface area contributed by atoms with Crippen LogP contribution in [-0.4, -0.2) is 0 Å². The minimum absolute atomic E-state index is 0. The van der Waals surface area contributed by atoms with Gasteiger partial charge in [0.2, 0.25) is 0 Å². The molecule has 3 rings (SSSR count). The summed E-state index contributed by atoms with van der Waals surface area (Å²) in [6.07, 6.45) is 0. The van der Waals surface area contributed by atoms with E-state index < -0.39 is 0 Å². The predicted octanol–water partition coefficient (Wildman–Crippen LogP) is -2.19. The molecule has 22 heavy (non-hydrogen) atoms. The fraction of sp³-hybridized carbons (Fsp3) is 0. The Labute approximate surface area is 169 Å². The van der Waals surface area contributed by atoms with Crippen LogP contribution in [0, 0.1) is 0 Å². The van der Waals surface area contributed by atoms with Crippen molar-refractivity contribution in [1.82, 2.24) is 0 Å². The van der Waals surface area contributed by atoms with Gasteiger partial charge in [-0.1, -0.05) is 79.2 Å². The third-order valence-electron chi connectivity index (χ3n) is 1.70. The van der Waals surface area contributed by atoms with Crippen LogP contribution in [0.4, 0.5) is 0 Å². The first kappa shape index (κ1) is 30.3. The van der Waals surface area contributed by atoms with Crippen LogP contribution in [0.1, 0.15) is 0 Å². The maximum atomic E-state index is 2.10. The van der Waals surface area contributed by atoms with Gasteiger partial charge in [0.05, 0.1) is 0 Å². The molecule has 0 aliphatic carbocycles. The summed E-state index contributed by atoms with van der Waals surface area (Å²) < 4.78 is 0. The molecule has 0 aliphatic heterocycles. The van der Waals surface area contributed by atoms with Gasteiger partial charge in [-0.25, -0.2) is 0 Å². The van der Waals surface area contributed by atoms with Gasteiger partial charge in [-0.3, -0.25) is 0 Å². The summed E-state index contributed by atoms with van der Waals surface area (Å²) in [7, 11) is 3.92. The molecule has 0 N–H and O–H groups in total. The first-order valence-electron chi connectivity index (χ1n) is 5.55. The van der Waals surface area contributed by atoms with E-state index in [1.807, 2.05) is 54.6 Å². The molecule has 0 amide bonds. The van der Waals surface area contributed by atoms with Crippen LogP contribution in [0.5, 0.6) is 0 Å². The summed E-state index contributed by atoms with van der Waals surface area (Å²) >= 11 is 0. The first-order valence-corrected chi connectivity index (χ1v) is 8.65. The Hall–Kier alpha value is 0.443. The van der Waals surface area contributed by atoms with Crippen molar-refractivity contribution in [2.24, 2.45) is 0 Å². The van der Waals surface area contributed by atoms with E-state index in [2.05, 4.69) is 34.8 Å². The van der Waals surface area contributed by atoms with Gasteiger partial charge < -0.3 is 37.2 Å². The maximum Gasteiger partial charge on any atom is 3.00 e. The summed E-state index contributed by atoms with van der Waals surface area (Å²) in [5.41, 5.74) is 0. The average molecular weight is 497 g/mol. The van der Waals surface area contributed by atoms with Crippen LogP contribution < -0.4 is 37.2 Å². The fourth-order valence-corrected chi connectivity index (χ4v) is 2.43. The standard InChI is InChI=1S/3C5H5P.3ClH.Rh/c3*1-2-4-6-5-3-1;;;;/h3*1-5H;3*1H;/q;;;;;;+3/p-3. The minimum Gasteiger partial charge on any atom is -1.00 e. The Balaban J connectivity index is -0.000000101. The molecule has 0 aromatic carbocycles. The third-order valence-corrected chi connectivity index (χ3v) is 3.77. The number of rotatable bonds is 0. The van der Waals surface area contributed by atoms with Crippen molar-refractivity contribution in [2.45, 2.75) is 0 Å². The van der Waals surface area contributed by atoms with Crippen molar-refractivity contribution in [3.8, 4) is 0 Å². The molecule has 3 aromatic heterocycles. The van der Waals surface area contributed by atoms with E-state index in [1.165, 1.54) is 24.6 Å². The maximum absolute atomic E-state index is 2.10. The summed E-state index contributed by atoms with van der Waals surface area (Å²) in [5, 5.41) is 0. The van der Waals surface area contributed by atoms with E-state index in [9.17, 15) is 0 Å². The second-order valence-electron chi connectivity index (χ2n) is 3.07. The topological polar surface area (TPSA) is 0 Å².